The number of carbonyl (C=O) groups excluding carboxylic acids is 2. The molecule has 2 unspecified atom stereocenters. The highest BCUT2D eigenvalue weighted by Crippen LogP contribution is 2.37. The predicted molar refractivity (Wildman–Crippen MR) is 69.9 cm³/mol. The van der Waals surface area contributed by atoms with Crippen LogP contribution in [-0.4, -0.2) is 36.3 Å². The third-order valence-corrected chi connectivity index (χ3v) is 4.02. The van der Waals surface area contributed by atoms with Crippen LogP contribution in [0.2, 0.25) is 0 Å². The molecule has 2 amide bonds. The first-order valence-corrected chi connectivity index (χ1v) is 7.24. The molecule has 1 saturated carbocycles. The minimum Gasteiger partial charge on any atom is -0.356 e. The summed E-state index contributed by atoms with van der Waals surface area (Å²) in [5.41, 5.74) is 0. The Bertz CT molecular complexity index is 317. The van der Waals surface area contributed by atoms with Gasteiger partial charge < -0.3 is 10.2 Å². The van der Waals surface area contributed by atoms with E-state index in [1.165, 1.54) is 6.42 Å². The second kappa shape index (κ2) is 6.21. The summed E-state index contributed by atoms with van der Waals surface area (Å²) in [6, 6.07) is 0. The molecule has 0 spiro atoms. The highest BCUT2D eigenvalue weighted by molar-refractivity contribution is 5.81. The van der Waals surface area contributed by atoms with Gasteiger partial charge in [0.2, 0.25) is 11.8 Å². The van der Waals surface area contributed by atoms with E-state index in [4.69, 9.17) is 0 Å². The normalized spacial score (nSPS) is 27.8. The summed E-state index contributed by atoms with van der Waals surface area (Å²) in [7, 11) is 0. The third kappa shape index (κ3) is 3.72. The van der Waals surface area contributed by atoms with E-state index < -0.39 is 0 Å². The zero-order valence-electron chi connectivity index (χ0n) is 11.3. The molecular weight excluding hydrogens is 228 g/mol. The lowest BCUT2D eigenvalue weighted by molar-refractivity contribution is -0.130. The Hall–Kier alpha value is -1.06. The van der Waals surface area contributed by atoms with E-state index in [-0.39, 0.29) is 17.7 Å². The van der Waals surface area contributed by atoms with Crippen LogP contribution in [0.4, 0.5) is 0 Å². The fraction of sp³-hybridized carbons (Fsp3) is 0.857. The fourth-order valence-electron chi connectivity index (χ4n) is 2.58. The highest BCUT2D eigenvalue weighted by atomic mass is 16.2. The zero-order valence-corrected chi connectivity index (χ0v) is 11.3. The van der Waals surface area contributed by atoms with Crippen molar-refractivity contribution in [1.29, 1.82) is 0 Å². The second-order valence-electron chi connectivity index (χ2n) is 5.66. The van der Waals surface area contributed by atoms with Crippen molar-refractivity contribution in [2.75, 3.05) is 19.6 Å². The first kappa shape index (κ1) is 13.4. The SMILES string of the molecule is CC1CC1C(=O)NCCCN1CCCCCC1=O. The van der Waals surface area contributed by atoms with E-state index >= 15 is 0 Å². The number of nitrogens with one attached hydrogen (secondary N) is 1. The van der Waals surface area contributed by atoms with Crippen LogP contribution in [0.25, 0.3) is 0 Å². The fourth-order valence-corrected chi connectivity index (χ4v) is 2.58. The molecule has 1 aliphatic carbocycles. The lowest BCUT2D eigenvalue weighted by Gasteiger charge is -2.20. The van der Waals surface area contributed by atoms with Gasteiger partial charge in [-0.25, -0.2) is 0 Å². The van der Waals surface area contributed by atoms with Gasteiger partial charge in [-0.3, -0.25) is 9.59 Å². The van der Waals surface area contributed by atoms with E-state index in [9.17, 15) is 9.59 Å². The van der Waals surface area contributed by atoms with Gasteiger partial charge in [0, 0.05) is 32.0 Å². The molecule has 0 aromatic carbocycles. The van der Waals surface area contributed by atoms with Crippen molar-refractivity contribution in [2.24, 2.45) is 11.8 Å². The summed E-state index contributed by atoms with van der Waals surface area (Å²) >= 11 is 0. The lowest BCUT2D eigenvalue weighted by Crippen LogP contribution is -2.34. The molecule has 1 heterocycles. The maximum absolute atomic E-state index is 11.7. The van der Waals surface area contributed by atoms with E-state index in [2.05, 4.69) is 12.2 Å². The molecule has 2 fully saturated rings. The van der Waals surface area contributed by atoms with Crippen molar-refractivity contribution in [3.05, 3.63) is 0 Å². The number of carbonyl (C=O) groups is 2. The van der Waals surface area contributed by atoms with Crippen molar-refractivity contribution < 1.29 is 9.59 Å². The highest BCUT2D eigenvalue weighted by Gasteiger charge is 2.38. The Morgan fingerprint density at radius 2 is 2.17 bits per heavy atom. The van der Waals surface area contributed by atoms with Crippen LogP contribution in [0, 0.1) is 11.8 Å². The van der Waals surface area contributed by atoms with Crippen molar-refractivity contribution in [2.45, 2.75) is 45.4 Å². The Morgan fingerprint density at radius 3 is 2.89 bits per heavy atom. The summed E-state index contributed by atoms with van der Waals surface area (Å²) in [4.78, 5) is 25.3. The van der Waals surface area contributed by atoms with Gasteiger partial charge in [0.15, 0.2) is 0 Å². The average molecular weight is 252 g/mol. The molecule has 2 rings (SSSR count). The topological polar surface area (TPSA) is 49.4 Å². The quantitative estimate of drug-likeness (QED) is 0.755. The van der Waals surface area contributed by atoms with Gasteiger partial charge in [-0.1, -0.05) is 13.3 Å². The molecule has 102 valence electrons. The van der Waals surface area contributed by atoms with Crippen LogP contribution < -0.4 is 5.32 Å². The molecular formula is C14H24N2O2. The third-order valence-electron chi connectivity index (χ3n) is 4.02. The first-order chi connectivity index (χ1) is 8.68. The van der Waals surface area contributed by atoms with Crippen LogP contribution in [0.15, 0.2) is 0 Å². The minimum absolute atomic E-state index is 0.199. The van der Waals surface area contributed by atoms with Crippen molar-refractivity contribution >= 4 is 11.8 Å². The molecule has 0 aromatic heterocycles. The standard InChI is InChI=1S/C14H24N2O2/c1-11-10-12(11)14(18)15-7-5-9-16-8-4-2-3-6-13(16)17/h11-12H,2-10H2,1H3,(H,15,18). The molecule has 0 bridgehead atoms. The maximum atomic E-state index is 11.7. The van der Waals surface area contributed by atoms with Gasteiger partial charge >= 0.3 is 0 Å². The van der Waals surface area contributed by atoms with Crippen molar-refractivity contribution in [1.82, 2.24) is 10.2 Å². The number of hydrogen-bond donors (Lipinski definition) is 1. The Kier molecular flexibility index (Phi) is 4.61. The van der Waals surface area contributed by atoms with Gasteiger partial charge in [-0.15, -0.1) is 0 Å². The largest absolute Gasteiger partial charge is 0.356 e. The summed E-state index contributed by atoms with van der Waals surface area (Å²) in [6.45, 7) is 4.50. The van der Waals surface area contributed by atoms with E-state index in [0.29, 0.717) is 18.9 Å². The van der Waals surface area contributed by atoms with Gasteiger partial charge in [0.05, 0.1) is 0 Å². The van der Waals surface area contributed by atoms with Crippen molar-refractivity contribution in [3.63, 3.8) is 0 Å². The van der Waals surface area contributed by atoms with Gasteiger partial charge in [0.25, 0.3) is 0 Å². The summed E-state index contributed by atoms with van der Waals surface area (Å²) in [5, 5.41) is 2.97. The molecule has 1 aliphatic heterocycles. The van der Waals surface area contributed by atoms with Crippen LogP contribution in [0.1, 0.15) is 45.4 Å². The Balaban J connectivity index is 1.59. The first-order valence-electron chi connectivity index (χ1n) is 7.24. The number of rotatable bonds is 5. The Morgan fingerprint density at radius 1 is 1.39 bits per heavy atom. The van der Waals surface area contributed by atoms with Gasteiger partial charge in [-0.05, 0) is 31.6 Å². The summed E-state index contributed by atoms with van der Waals surface area (Å²) < 4.78 is 0. The molecule has 1 N–H and O–H groups in total. The van der Waals surface area contributed by atoms with Gasteiger partial charge in [-0.2, -0.15) is 0 Å². The average Bonchev–Trinajstić information content (AvgIpc) is 3.10. The molecule has 1 saturated heterocycles. The van der Waals surface area contributed by atoms with Gasteiger partial charge in [0.1, 0.15) is 0 Å². The molecule has 0 radical (unpaired) electrons. The monoisotopic (exact) mass is 252 g/mol. The zero-order chi connectivity index (χ0) is 13.0. The molecule has 4 heteroatoms. The number of amides is 2. The second-order valence-corrected chi connectivity index (χ2v) is 5.66. The summed E-state index contributed by atoms with van der Waals surface area (Å²) in [6.07, 6.45) is 5.93. The summed E-state index contributed by atoms with van der Waals surface area (Å²) in [5.74, 6) is 1.31. The molecule has 2 atom stereocenters. The molecule has 4 nitrogen and oxygen atoms in total. The lowest BCUT2D eigenvalue weighted by atomic mass is 10.2. The van der Waals surface area contributed by atoms with Crippen LogP contribution in [0.3, 0.4) is 0 Å². The number of nitrogens with zero attached hydrogens (tertiary/aromatic N) is 1. The van der Waals surface area contributed by atoms with Crippen molar-refractivity contribution in [3.8, 4) is 0 Å². The van der Waals surface area contributed by atoms with Crippen LogP contribution in [-0.2, 0) is 9.59 Å². The smallest absolute Gasteiger partial charge is 0.223 e. The molecule has 0 aromatic rings. The predicted octanol–water partition coefficient (Wildman–Crippen LogP) is 1.55. The Labute approximate surface area is 109 Å². The van der Waals surface area contributed by atoms with E-state index in [1.807, 2.05) is 4.90 Å². The van der Waals surface area contributed by atoms with E-state index in [0.717, 1.165) is 38.8 Å². The molecule has 18 heavy (non-hydrogen) atoms. The van der Waals surface area contributed by atoms with Crippen LogP contribution >= 0.6 is 0 Å². The molecule has 2 aliphatic rings. The maximum Gasteiger partial charge on any atom is 0.223 e. The number of hydrogen-bond acceptors (Lipinski definition) is 2. The van der Waals surface area contributed by atoms with Crippen LogP contribution in [0.5, 0.6) is 0 Å². The van der Waals surface area contributed by atoms with E-state index in [1.54, 1.807) is 0 Å². The minimum atomic E-state index is 0.199. The number of likely N-dealkylation sites (tertiary alicyclic amines) is 1.